The molecule has 0 unspecified atom stereocenters. The molecule has 0 aliphatic carbocycles. The number of hydrogen-bond acceptors (Lipinski definition) is 2. The highest BCUT2D eigenvalue weighted by molar-refractivity contribution is 5.75. The number of aromatic hydroxyl groups is 2. The van der Waals surface area contributed by atoms with Crippen molar-refractivity contribution in [1.29, 1.82) is 0 Å². The van der Waals surface area contributed by atoms with Gasteiger partial charge >= 0.3 is 0 Å². The summed E-state index contributed by atoms with van der Waals surface area (Å²) in [6.07, 6.45) is 3.60. The van der Waals surface area contributed by atoms with Crippen LogP contribution in [0, 0.1) is 13.8 Å². The Hall–Kier alpha value is -2.22. The maximum Gasteiger partial charge on any atom is 0.122 e. The maximum absolute atomic E-state index is 9.72. The van der Waals surface area contributed by atoms with Gasteiger partial charge in [0, 0.05) is 11.1 Å². The minimum atomic E-state index is 0.240. The Kier molecular flexibility index (Phi) is 3.38. The van der Waals surface area contributed by atoms with Gasteiger partial charge in [0.15, 0.2) is 0 Å². The molecule has 0 radical (unpaired) electrons. The summed E-state index contributed by atoms with van der Waals surface area (Å²) < 4.78 is 0. The fourth-order valence-corrected chi connectivity index (χ4v) is 1.79. The van der Waals surface area contributed by atoms with Crippen LogP contribution in [-0.2, 0) is 0 Å². The third kappa shape index (κ3) is 2.72. The first-order chi connectivity index (χ1) is 8.56. The number of phenols is 2. The van der Waals surface area contributed by atoms with Crippen molar-refractivity contribution in [2.45, 2.75) is 13.8 Å². The van der Waals surface area contributed by atoms with E-state index in [0.717, 1.165) is 22.3 Å². The SMILES string of the molecule is Cc1ccc(O)c(/C=C/c2cc(C)ccc2O)c1. The van der Waals surface area contributed by atoms with E-state index in [1.807, 2.05) is 38.1 Å². The van der Waals surface area contributed by atoms with E-state index in [9.17, 15) is 10.2 Å². The zero-order valence-corrected chi connectivity index (χ0v) is 10.5. The van der Waals surface area contributed by atoms with Gasteiger partial charge < -0.3 is 10.2 Å². The van der Waals surface area contributed by atoms with Crippen LogP contribution < -0.4 is 0 Å². The fraction of sp³-hybridized carbons (Fsp3) is 0.125. The smallest absolute Gasteiger partial charge is 0.122 e. The van der Waals surface area contributed by atoms with Gasteiger partial charge in [-0.15, -0.1) is 0 Å². The molecule has 0 saturated carbocycles. The molecule has 0 fully saturated rings. The lowest BCUT2D eigenvalue weighted by Gasteiger charge is -2.02. The second-order valence-electron chi connectivity index (χ2n) is 4.46. The minimum absolute atomic E-state index is 0.240. The monoisotopic (exact) mass is 240 g/mol. The van der Waals surface area contributed by atoms with E-state index >= 15 is 0 Å². The molecule has 0 saturated heterocycles. The van der Waals surface area contributed by atoms with Gasteiger partial charge in [0.1, 0.15) is 11.5 Å². The Morgan fingerprint density at radius 2 is 1.11 bits per heavy atom. The Balaban J connectivity index is 2.35. The van der Waals surface area contributed by atoms with Crippen molar-refractivity contribution in [1.82, 2.24) is 0 Å². The maximum atomic E-state index is 9.72. The summed E-state index contributed by atoms with van der Waals surface area (Å²) in [6, 6.07) is 10.9. The van der Waals surface area contributed by atoms with Gasteiger partial charge in [-0.1, -0.05) is 35.4 Å². The molecule has 92 valence electrons. The molecule has 2 aromatic rings. The number of rotatable bonds is 2. The zero-order chi connectivity index (χ0) is 13.1. The molecule has 0 heterocycles. The number of hydrogen-bond donors (Lipinski definition) is 2. The van der Waals surface area contributed by atoms with Crippen LogP contribution in [0.1, 0.15) is 22.3 Å². The van der Waals surface area contributed by atoms with Crippen molar-refractivity contribution in [3.63, 3.8) is 0 Å². The molecule has 0 aliphatic rings. The van der Waals surface area contributed by atoms with Crippen LogP contribution in [0.15, 0.2) is 36.4 Å². The number of aryl methyl sites for hydroxylation is 2. The zero-order valence-electron chi connectivity index (χ0n) is 10.5. The average molecular weight is 240 g/mol. The second-order valence-corrected chi connectivity index (χ2v) is 4.46. The predicted molar refractivity (Wildman–Crippen MR) is 74.6 cm³/mol. The van der Waals surface area contributed by atoms with Crippen LogP contribution in [0.2, 0.25) is 0 Å². The van der Waals surface area contributed by atoms with E-state index in [1.54, 1.807) is 24.3 Å². The highest BCUT2D eigenvalue weighted by Crippen LogP contribution is 2.24. The molecule has 0 spiro atoms. The van der Waals surface area contributed by atoms with Crippen molar-refractivity contribution in [2.75, 3.05) is 0 Å². The summed E-state index contributed by atoms with van der Waals surface area (Å²) in [4.78, 5) is 0. The van der Waals surface area contributed by atoms with Crippen LogP contribution >= 0.6 is 0 Å². The van der Waals surface area contributed by atoms with Crippen molar-refractivity contribution in [3.05, 3.63) is 58.7 Å². The van der Waals surface area contributed by atoms with E-state index in [1.165, 1.54) is 0 Å². The normalized spacial score (nSPS) is 11.0. The van der Waals surface area contributed by atoms with Crippen LogP contribution in [0.5, 0.6) is 11.5 Å². The van der Waals surface area contributed by atoms with Gasteiger partial charge in [-0.05, 0) is 38.1 Å². The first-order valence-electron chi connectivity index (χ1n) is 5.83. The van der Waals surface area contributed by atoms with Crippen molar-refractivity contribution in [2.24, 2.45) is 0 Å². The van der Waals surface area contributed by atoms with Crippen LogP contribution in [0.4, 0.5) is 0 Å². The van der Waals surface area contributed by atoms with E-state index in [2.05, 4.69) is 0 Å². The quantitative estimate of drug-likeness (QED) is 0.782. The van der Waals surface area contributed by atoms with E-state index in [4.69, 9.17) is 0 Å². The Morgan fingerprint density at radius 1 is 0.722 bits per heavy atom. The standard InChI is InChI=1S/C16H16O2/c1-11-3-7-15(17)13(9-11)5-6-14-10-12(2)4-8-16(14)18/h3-10,17-18H,1-2H3/b6-5+. The summed E-state index contributed by atoms with van der Waals surface area (Å²) in [7, 11) is 0. The molecule has 2 rings (SSSR count). The Labute approximate surface area is 107 Å². The third-order valence-corrected chi connectivity index (χ3v) is 2.81. The highest BCUT2D eigenvalue weighted by Gasteiger charge is 2.00. The van der Waals surface area contributed by atoms with Crippen LogP contribution in [0.25, 0.3) is 12.2 Å². The lowest BCUT2D eigenvalue weighted by Crippen LogP contribution is -1.80. The van der Waals surface area contributed by atoms with Crippen molar-refractivity contribution in [3.8, 4) is 11.5 Å². The number of benzene rings is 2. The molecule has 2 nitrogen and oxygen atoms in total. The van der Waals surface area contributed by atoms with Gasteiger partial charge in [-0.3, -0.25) is 0 Å². The Morgan fingerprint density at radius 3 is 1.50 bits per heavy atom. The molecule has 0 bridgehead atoms. The lowest BCUT2D eigenvalue weighted by molar-refractivity contribution is 0.473. The van der Waals surface area contributed by atoms with E-state index in [-0.39, 0.29) is 11.5 Å². The van der Waals surface area contributed by atoms with Gasteiger partial charge in [-0.25, -0.2) is 0 Å². The summed E-state index contributed by atoms with van der Waals surface area (Å²) >= 11 is 0. The summed E-state index contributed by atoms with van der Waals surface area (Å²) in [5.41, 5.74) is 3.66. The van der Waals surface area contributed by atoms with Crippen LogP contribution in [-0.4, -0.2) is 10.2 Å². The van der Waals surface area contributed by atoms with Gasteiger partial charge in [0.2, 0.25) is 0 Å². The van der Waals surface area contributed by atoms with Crippen molar-refractivity contribution < 1.29 is 10.2 Å². The minimum Gasteiger partial charge on any atom is -0.507 e. The molecule has 2 aromatic carbocycles. The van der Waals surface area contributed by atoms with Gasteiger partial charge in [-0.2, -0.15) is 0 Å². The topological polar surface area (TPSA) is 40.5 Å². The molecule has 0 aliphatic heterocycles. The largest absolute Gasteiger partial charge is 0.507 e. The molecule has 0 amide bonds. The first-order valence-corrected chi connectivity index (χ1v) is 5.83. The molecular weight excluding hydrogens is 224 g/mol. The highest BCUT2D eigenvalue weighted by atomic mass is 16.3. The van der Waals surface area contributed by atoms with Crippen LogP contribution in [0.3, 0.4) is 0 Å². The van der Waals surface area contributed by atoms with Gasteiger partial charge in [0.25, 0.3) is 0 Å². The lowest BCUT2D eigenvalue weighted by atomic mass is 10.1. The molecule has 0 atom stereocenters. The van der Waals surface area contributed by atoms with Crippen molar-refractivity contribution >= 4 is 12.2 Å². The molecule has 2 N–H and O–H groups in total. The van der Waals surface area contributed by atoms with E-state index in [0.29, 0.717) is 0 Å². The predicted octanol–water partition coefficient (Wildman–Crippen LogP) is 3.89. The molecule has 18 heavy (non-hydrogen) atoms. The third-order valence-electron chi connectivity index (χ3n) is 2.81. The first kappa shape index (κ1) is 12.2. The number of phenolic OH excluding ortho intramolecular Hbond substituents is 2. The molecule has 2 heteroatoms. The molecule has 0 aromatic heterocycles. The van der Waals surface area contributed by atoms with Gasteiger partial charge in [0.05, 0.1) is 0 Å². The summed E-state index contributed by atoms with van der Waals surface area (Å²) in [6.45, 7) is 3.95. The second kappa shape index (κ2) is 4.96. The Bertz CT molecular complexity index is 545. The summed E-state index contributed by atoms with van der Waals surface area (Å²) in [5.74, 6) is 0.480. The fourth-order valence-electron chi connectivity index (χ4n) is 1.79. The van der Waals surface area contributed by atoms with E-state index < -0.39 is 0 Å². The summed E-state index contributed by atoms with van der Waals surface area (Å²) in [5, 5.41) is 19.4. The molecular formula is C16H16O2. The average Bonchev–Trinajstić information content (AvgIpc) is 2.34.